The second kappa shape index (κ2) is 10.4. The van der Waals surface area contributed by atoms with Gasteiger partial charge >= 0.3 is 5.97 Å². The van der Waals surface area contributed by atoms with Crippen molar-refractivity contribution in [3.05, 3.63) is 29.3 Å². The Kier molecular flexibility index (Phi) is 7.68. The summed E-state index contributed by atoms with van der Waals surface area (Å²) in [7, 11) is 0. The number of carboxylic acids is 1. The minimum atomic E-state index is -0.965. The normalized spacial score (nSPS) is 20.6. The van der Waals surface area contributed by atoms with E-state index in [1.165, 1.54) is 0 Å². The molecule has 2 aliphatic rings. The fourth-order valence-electron chi connectivity index (χ4n) is 3.75. The third kappa shape index (κ3) is 6.21. The van der Waals surface area contributed by atoms with E-state index in [4.69, 9.17) is 9.47 Å². The predicted molar refractivity (Wildman–Crippen MR) is 105 cm³/mol. The highest BCUT2D eigenvalue weighted by Crippen LogP contribution is 2.25. The highest BCUT2D eigenvalue weighted by molar-refractivity contribution is 5.88. The van der Waals surface area contributed by atoms with E-state index in [0.29, 0.717) is 37.9 Å². The van der Waals surface area contributed by atoms with Crippen LogP contribution in [-0.2, 0) is 16.1 Å². The van der Waals surface area contributed by atoms with Crippen molar-refractivity contribution in [3.8, 4) is 5.75 Å². The Labute approximate surface area is 166 Å². The predicted octanol–water partition coefficient (Wildman–Crippen LogP) is 2.29. The van der Waals surface area contributed by atoms with Crippen LogP contribution in [0.3, 0.4) is 0 Å². The van der Waals surface area contributed by atoms with Crippen molar-refractivity contribution in [2.75, 3.05) is 39.5 Å². The maximum absolute atomic E-state index is 12.4. The highest BCUT2D eigenvalue weighted by Gasteiger charge is 2.21. The molecule has 0 aliphatic carbocycles. The van der Waals surface area contributed by atoms with E-state index >= 15 is 0 Å². The summed E-state index contributed by atoms with van der Waals surface area (Å²) in [5.74, 6) is 0.181. The molecule has 1 aromatic carbocycles. The summed E-state index contributed by atoms with van der Waals surface area (Å²) >= 11 is 0. The number of rotatable bonds is 3. The molecule has 0 spiro atoms. The van der Waals surface area contributed by atoms with Crippen molar-refractivity contribution in [2.45, 2.75) is 38.6 Å². The number of carbonyl (C=O) groups is 2. The lowest BCUT2D eigenvalue weighted by molar-refractivity contribution is -0.122. The maximum atomic E-state index is 12.4. The van der Waals surface area contributed by atoms with Gasteiger partial charge in [-0.3, -0.25) is 9.69 Å². The number of nitrogens with zero attached hydrogens (tertiary/aromatic N) is 1. The molecule has 1 saturated heterocycles. The van der Waals surface area contributed by atoms with E-state index in [1.807, 2.05) is 6.07 Å². The van der Waals surface area contributed by atoms with Crippen molar-refractivity contribution in [3.63, 3.8) is 0 Å². The van der Waals surface area contributed by atoms with Gasteiger partial charge in [0.1, 0.15) is 5.75 Å². The van der Waals surface area contributed by atoms with Crippen LogP contribution in [0.15, 0.2) is 18.2 Å². The molecule has 0 aromatic heterocycles. The van der Waals surface area contributed by atoms with Crippen LogP contribution in [0.1, 0.15) is 48.0 Å². The fraction of sp³-hybridized carbons (Fsp3) is 0.619. The molecule has 0 saturated carbocycles. The Balaban J connectivity index is 1.80. The molecule has 7 heteroatoms. The van der Waals surface area contributed by atoms with Gasteiger partial charge in [-0.15, -0.1) is 0 Å². The molecule has 1 aromatic rings. The zero-order chi connectivity index (χ0) is 19.8. The summed E-state index contributed by atoms with van der Waals surface area (Å²) < 4.78 is 11.4. The Bertz CT molecular complexity index is 673. The molecule has 3 rings (SSSR count). The van der Waals surface area contributed by atoms with Gasteiger partial charge in [0.05, 0.1) is 18.7 Å². The van der Waals surface area contributed by atoms with Gasteiger partial charge < -0.3 is 19.9 Å². The summed E-state index contributed by atoms with van der Waals surface area (Å²) in [6.45, 7) is 4.47. The molecular formula is C21H30N2O5. The molecule has 154 valence electrons. The quantitative estimate of drug-likeness (QED) is 0.823. The highest BCUT2D eigenvalue weighted by atomic mass is 16.5. The second-order valence-electron chi connectivity index (χ2n) is 7.61. The number of hydrogen-bond donors (Lipinski definition) is 2. The van der Waals surface area contributed by atoms with Crippen LogP contribution in [0.2, 0.25) is 0 Å². The summed E-state index contributed by atoms with van der Waals surface area (Å²) in [6, 6.07) is 5.02. The van der Waals surface area contributed by atoms with Crippen molar-refractivity contribution >= 4 is 11.9 Å². The monoisotopic (exact) mass is 390 g/mol. The fourth-order valence-corrected chi connectivity index (χ4v) is 3.75. The van der Waals surface area contributed by atoms with Gasteiger partial charge in [-0.2, -0.15) is 0 Å². The van der Waals surface area contributed by atoms with Crippen LogP contribution in [0.25, 0.3) is 0 Å². The van der Waals surface area contributed by atoms with Gasteiger partial charge in [-0.25, -0.2) is 4.79 Å². The summed E-state index contributed by atoms with van der Waals surface area (Å²) in [4.78, 5) is 25.9. The van der Waals surface area contributed by atoms with E-state index < -0.39 is 5.97 Å². The first-order valence-corrected chi connectivity index (χ1v) is 10.2. The molecule has 2 N–H and O–H groups in total. The molecule has 7 nitrogen and oxygen atoms in total. The zero-order valence-electron chi connectivity index (χ0n) is 16.3. The SMILES string of the molecule is O=C1CN(CC2CCOCC2)Cc2ccc(C(=O)O)cc2OCCCCCN1. The zero-order valence-corrected chi connectivity index (χ0v) is 16.3. The summed E-state index contributed by atoms with van der Waals surface area (Å²) in [5, 5.41) is 12.3. The van der Waals surface area contributed by atoms with Crippen molar-refractivity contribution in [2.24, 2.45) is 5.92 Å². The Hall–Kier alpha value is -2.12. The topological polar surface area (TPSA) is 88.1 Å². The third-order valence-electron chi connectivity index (χ3n) is 5.33. The second-order valence-corrected chi connectivity index (χ2v) is 7.61. The van der Waals surface area contributed by atoms with Crippen LogP contribution >= 0.6 is 0 Å². The van der Waals surface area contributed by atoms with Crippen molar-refractivity contribution in [1.82, 2.24) is 10.2 Å². The first-order valence-electron chi connectivity index (χ1n) is 10.2. The first kappa shape index (κ1) is 20.6. The number of nitrogens with one attached hydrogen (secondary N) is 1. The molecule has 28 heavy (non-hydrogen) atoms. The molecule has 1 fully saturated rings. The van der Waals surface area contributed by atoms with E-state index in [9.17, 15) is 14.7 Å². The Morgan fingerprint density at radius 2 is 1.96 bits per heavy atom. The number of carboxylic acid groups (broad SMARTS) is 1. The smallest absolute Gasteiger partial charge is 0.335 e. The molecule has 0 unspecified atom stereocenters. The molecule has 0 bridgehead atoms. The number of benzene rings is 1. The van der Waals surface area contributed by atoms with E-state index in [0.717, 1.165) is 57.4 Å². The Morgan fingerprint density at radius 3 is 2.75 bits per heavy atom. The number of fused-ring (bicyclic) bond motifs is 1. The van der Waals surface area contributed by atoms with Crippen molar-refractivity contribution < 1.29 is 24.2 Å². The molecular weight excluding hydrogens is 360 g/mol. The molecule has 1 amide bonds. The standard InChI is InChI=1S/C21H30N2O5/c24-20-15-23(13-16-6-10-27-11-7-16)14-18-5-4-17(21(25)26)12-19(18)28-9-3-1-2-8-22-20/h4-5,12,16H,1-3,6-11,13-15H2,(H,22,24)(H,25,26). The summed E-state index contributed by atoms with van der Waals surface area (Å²) in [6.07, 6.45) is 4.74. The average Bonchev–Trinajstić information content (AvgIpc) is 2.69. The number of hydrogen-bond acceptors (Lipinski definition) is 5. The third-order valence-corrected chi connectivity index (χ3v) is 5.33. The van der Waals surface area contributed by atoms with Crippen LogP contribution in [0, 0.1) is 5.92 Å². The van der Waals surface area contributed by atoms with Gasteiger partial charge in [0.15, 0.2) is 0 Å². The van der Waals surface area contributed by atoms with Crippen LogP contribution in [0.4, 0.5) is 0 Å². The lowest BCUT2D eigenvalue weighted by atomic mass is 9.99. The van der Waals surface area contributed by atoms with Gasteiger partial charge in [-0.05, 0) is 50.2 Å². The number of aromatic carboxylic acids is 1. The minimum absolute atomic E-state index is 0.0379. The maximum Gasteiger partial charge on any atom is 0.335 e. The molecule has 0 radical (unpaired) electrons. The van der Waals surface area contributed by atoms with Crippen LogP contribution < -0.4 is 10.1 Å². The van der Waals surface area contributed by atoms with Gasteiger partial charge in [-0.1, -0.05) is 6.07 Å². The van der Waals surface area contributed by atoms with E-state index in [1.54, 1.807) is 12.1 Å². The number of carbonyl (C=O) groups excluding carboxylic acids is 1. The van der Waals surface area contributed by atoms with Crippen LogP contribution in [0.5, 0.6) is 5.75 Å². The largest absolute Gasteiger partial charge is 0.493 e. The lowest BCUT2D eigenvalue weighted by Gasteiger charge is -2.30. The van der Waals surface area contributed by atoms with Gasteiger partial charge in [0.25, 0.3) is 0 Å². The number of ether oxygens (including phenoxy) is 2. The van der Waals surface area contributed by atoms with Gasteiger partial charge in [0, 0.05) is 38.4 Å². The van der Waals surface area contributed by atoms with E-state index in [-0.39, 0.29) is 11.5 Å². The lowest BCUT2D eigenvalue weighted by Crippen LogP contribution is -2.40. The summed E-state index contributed by atoms with van der Waals surface area (Å²) in [5.41, 5.74) is 1.14. The molecule has 0 atom stereocenters. The van der Waals surface area contributed by atoms with E-state index in [2.05, 4.69) is 10.2 Å². The Morgan fingerprint density at radius 1 is 1.14 bits per heavy atom. The van der Waals surface area contributed by atoms with Crippen LogP contribution in [-0.4, -0.2) is 61.3 Å². The minimum Gasteiger partial charge on any atom is -0.493 e. The first-order chi connectivity index (χ1) is 13.6. The van der Waals surface area contributed by atoms with Crippen molar-refractivity contribution in [1.29, 1.82) is 0 Å². The molecule has 2 aliphatic heterocycles. The number of amides is 1. The average molecular weight is 390 g/mol. The molecule has 2 heterocycles. The van der Waals surface area contributed by atoms with Gasteiger partial charge in [0.2, 0.25) is 5.91 Å².